The fraction of sp³-hybridized carbons (Fsp3) is 0.455. The van der Waals surface area contributed by atoms with Crippen molar-refractivity contribution in [2.24, 2.45) is 0 Å². The first-order chi connectivity index (χ1) is 8.86. The maximum Gasteiger partial charge on any atom is 0.455 e. The smallest absolute Gasteiger partial charge is 0.455 e. The van der Waals surface area contributed by atoms with Crippen molar-refractivity contribution >= 4 is 5.69 Å². The summed E-state index contributed by atoms with van der Waals surface area (Å²) >= 11 is 0. The standard InChI is InChI=1S/C11H11F6NO2/c1-5-3-6(4-7(20-2)8(5)18)9(12,13)10(14,19)11(15,16)17/h3-4,19H,18H2,1-2H3. The Balaban J connectivity index is 3.47. The van der Waals surface area contributed by atoms with Crippen LogP contribution in [0.5, 0.6) is 5.75 Å². The zero-order valence-electron chi connectivity index (χ0n) is 10.4. The van der Waals surface area contributed by atoms with Crippen LogP contribution >= 0.6 is 0 Å². The molecule has 20 heavy (non-hydrogen) atoms. The van der Waals surface area contributed by atoms with Gasteiger partial charge in [-0.3, -0.25) is 0 Å². The molecule has 0 aliphatic heterocycles. The van der Waals surface area contributed by atoms with Crippen LogP contribution in [0.4, 0.5) is 32.0 Å². The monoisotopic (exact) mass is 303 g/mol. The summed E-state index contributed by atoms with van der Waals surface area (Å²) < 4.78 is 81.6. The number of hydrogen-bond acceptors (Lipinski definition) is 3. The van der Waals surface area contributed by atoms with Crippen LogP contribution in [0.3, 0.4) is 0 Å². The molecular weight excluding hydrogens is 292 g/mol. The van der Waals surface area contributed by atoms with Gasteiger partial charge in [-0.1, -0.05) is 0 Å². The number of nitrogens with two attached hydrogens (primary N) is 1. The van der Waals surface area contributed by atoms with E-state index in [9.17, 15) is 26.3 Å². The van der Waals surface area contributed by atoms with Gasteiger partial charge in [-0.15, -0.1) is 0 Å². The van der Waals surface area contributed by atoms with E-state index >= 15 is 0 Å². The molecule has 0 amide bonds. The van der Waals surface area contributed by atoms with Crippen LogP contribution in [-0.2, 0) is 5.92 Å². The van der Waals surface area contributed by atoms with Crippen molar-refractivity contribution in [2.45, 2.75) is 24.9 Å². The summed E-state index contributed by atoms with van der Waals surface area (Å²) in [6, 6.07) is 0.993. The highest BCUT2D eigenvalue weighted by molar-refractivity contribution is 5.60. The lowest BCUT2D eigenvalue weighted by Gasteiger charge is -2.30. The van der Waals surface area contributed by atoms with E-state index in [1.165, 1.54) is 6.92 Å². The minimum absolute atomic E-state index is 0.0444. The van der Waals surface area contributed by atoms with Crippen LogP contribution in [0.25, 0.3) is 0 Å². The Bertz CT molecular complexity index is 512. The van der Waals surface area contributed by atoms with Gasteiger partial charge in [-0.2, -0.15) is 26.3 Å². The van der Waals surface area contributed by atoms with E-state index < -0.39 is 23.5 Å². The molecule has 1 unspecified atom stereocenters. The number of hydrogen-bond donors (Lipinski definition) is 2. The van der Waals surface area contributed by atoms with Crippen molar-refractivity contribution in [2.75, 3.05) is 12.8 Å². The van der Waals surface area contributed by atoms with Crippen molar-refractivity contribution in [3.05, 3.63) is 23.3 Å². The van der Waals surface area contributed by atoms with Crippen LogP contribution in [-0.4, -0.2) is 24.2 Å². The topological polar surface area (TPSA) is 55.5 Å². The van der Waals surface area contributed by atoms with Gasteiger partial charge >= 0.3 is 18.0 Å². The van der Waals surface area contributed by atoms with Crippen molar-refractivity contribution in [3.8, 4) is 5.75 Å². The number of aliphatic hydroxyl groups is 1. The molecule has 0 fully saturated rings. The maximum absolute atomic E-state index is 13.6. The zero-order valence-corrected chi connectivity index (χ0v) is 10.4. The predicted molar refractivity (Wildman–Crippen MR) is 58.2 cm³/mol. The number of halogens is 6. The Hall–Kier alpha value is -1.64. The Morgan fingerprint density at radius 3 is 2.00 bits per heavy atom. The molecule has 1 aromatic carbocycles. The number of methoxy groups -OCH3 is 1. The van der Waals surface area contributed by atoms with Gasteiger partial charge in [0.05, 0.1) is 12.8 Å². The van der Waals surface area contributed by atoms with Crippen LogP contribution in [0, 0.1) is 6.92 Å². The number of alkyl halides is 6. The number of anilines is 1. The van der Waals surface area contributed by atoms with Gasteiger partial charge in [0.1, 0.15) is 5.75 Å². The summed E-state index contributed by atoms with van der Waals surface area (Å²) in [4.78, 5) is 0. The van der Waals surface area contributed by atoms with E-state index in [2.05, 4.69) is 4.74 Å². The lowest BCUT2D eigenvalue weighted by atomic mass is 9.97. The molecule has 1 rings (SSSR count). The summed E-state index contributed by atoms with van der Waals surface area (Å²) in [5, 5.41) is 8.54. The van der Waals surface area contributed by atoms with Crippen molar-refractivity contribution < 1.29 is 36.2 Å². The summed E-state index contributed by atoms with van der Waals surface area (Å²) in [7, 11) is 1.05. The van der Waals surface area contributed by atoms with Gasteiger partial charge in [0.2, 0.25) is 0 Å². The third-order valence-corrected chi connectivity index (χ3v) is 2.72. The second-order valence-electron chi connectivity index (χ2n) is 4.10. The maximum atomic E-state index is 13.6. The van der Waals surface area contributed by atoms with Crippen molar-refractivity contribution in [1.29, 1.82) is 0 Å². The van der Waals surface area contributed by atoms with Crippen molar-refractivity contribution in [1.82, 2.24) is 0 Å². The fourth-order valence-electron chi connectivity index (χ4n) is 1.49. The van der Waals surface area contributed by atoms with E-state index in [4.69, 9.17) is 10.8 Å². The third-order valence-electron chi connectivity index (χ3n) is 2.72. The number of aryl methyl sites for hydroxylation is 1. The van der Waals surface area contributed by atoms with E-state index in [-0.39, 0.29) is 17.0 Å². The molecule has 114 valence electrons. The zero-order chi connectivity index (χ0) is 15.9. The van der Waals surface area contributed by atoms with Crippen molar-refractivity contribution in [3.63, 3.8) is 0 Å². The van der Waals surface area contributed by atoms with Crippen LogP contribution in [0.15, 0.2) is 12.1 Å². The largest absolute Gasteiger partial charge is 0.495 e. The predicted octanol–water partition coefficient (Wildman–Crippen LogP) is 2.90. The fourth-order valence-corrected chi connectivity index (χ4v) is 1.49. The highest BCUT2D eigenvalue weighted by Gasteiger charge is 2.71. The van der Waals surface area contributed by atoms with Gasteiger partial charge in [-0.05, 0) is 24.6 Å². The van der Waals surface area contributed by atoms with E-state index in [0.29, 0.717) is 12.1 Å². The molecule has 0 aliphatic rings. The summed E-state index contributed by atoms with van der Waals surface area (Å²) in [6.07, 6.45) is -6.17. The average Bonchev–Trinajstić information content (AvgIpc) is 2.30. The van der Waals surface area contributed by atoms with E-state index in [0.717, 1.165) is 7.11 Å². The van der Waals surface area contributed by atoms with Crippen LogP contribution in [0.1, 0.15) is 11.1 Å². The molecule has 0 aliphatic carbocycles. The molecule has 0 saturated carbocycles. The van der Waals surface area contributed by atoms with Gasteiger partial charge in [-0.25, -0.2) is 0 Å². The lowest BCUT2D eigenvalue weighted by Crippen LogP contribution is -2.53. The summed E-state index contributed by atoms with van der Waals surface area (Å²) in [6.45, 7) is 1.22. The first-order valence-corrected chi connectivity index (χ1v) is 5.16. The van der Waals surface area contributed by atoms with Gasteiger partial charge in [0, 0.05) is 5.56 Å². The Kier molecular flexibility index (Phi) is 3.88. The second-order valence-corrected chi connectivity index (χ2v) is 4.10. The second kappa shape index (κ2) is 4.72. The third kappa shape index (κ3) is 2.37. The molecule has 3 N–H and O–H groups in total. The van der Waals surface area contributed by atoms with Gasteiger partial charge in [0.25, 0.3) is 0 Å². The van der Waals surface area contributed by atoms with Gasteiger partial charge < -0.3 is 15.6 Å². The highest BCUT2D eigenvalue weighted by Crippen LogP contribution is 2.50. The summed E-state index contributed by atoms with van der Waals surface area (Å²) in [5.74, 6) is -11.3. The van der Waals surface area contributed by atoms with Crippen LogP contribution < -0.4 is 10.5 Å². The molecule has 1 aromatic rings. The SMILES string of the molecule is COc1cc(C(F)(F)C(O)(F)C(F)(F)F)cc(C)c1N. The molecule has 9 heteroatoms. The summed E-state index contributed by atoms with van der Waals surface area (Å²) in [5.41, 5.74) is 3.93. The number of ether oxygens (including phenoxy) is 1. The quantitative estimate of drug-likeness (QED) is 0.667. The van der Waals surface area contributed by atoms with Crippen LogP contribution in [0.2, 0.25) is 0 Å². The first-order valence-electron chi connectivity index (χ1n) is 5.16. The molecule has 0 saturated heterocycles. The Morgan fingerprint density at radius 2 is 1.60 bits per heavy atom. The molecule has 0 bridgehead atoms. The molecule has 0 radical (unpaired) electrons. The number of rotatable bonds is 3. The highest BCUT2D eigenvalue weighted by atomic mass is 19.4. The molecule has 0 spiro atoms. The first kappa shape index (κ1) is 16.4. The number of benzene rings is 1. The lowest BCUT2D eigenvalue weighted by molar-refractivity contribution is -0.390. The Morgan fingerprint density at radius 1 is 1.10 bits per heavy atom. The Labute approximate surface area is 109 Å². The van der Waals surface area contributed by atoms with Gasteiger partial charge in [0.15, 0.2) is 0 Å². The molecule has 1 atom stereocenters. The minimum atomic E-state index is -6.17. The average molecular weight is 303 g/mol. The number of nitrogen functional groups attached to an aromatic ring is 1. The molecule has 0 heterocycles. The molecule has 0 aromatic heterocycles. The normalized spacial score (nSPS) is 15.8. The molecular formula is C11H11F6NO2. The van der Waals surface area contributed by atoms with E-state index in [1.807, 2.05) is 0 Å². The van der Waals surface area contributed by atoms with E-state index in [1.54, 1.807) is 0 Å². The minimum Gasteiger partial charge on any atom is -0.495 e. The molecule has 3 nitrogen and oxygen atoms in total.